The van der Waals surface area contributed by atoms with Crippen LogP contribution in [-0.2, 0) is 4.79 Å². The van der Waals surface area contributed by atoms with Crippen LogP contribution in [0.4, 0.5) is 5.69 Å². The lowest BCUT2D eigenvalue weighted by atomic mass is 10.2. The van der Waals surface area contributed by atoms with Gasteiger partial charge < -0.3 is 21.1 Å². The second-order valence-electron chi connectivity index (χ2n) is 5.12. The summed E-state index contributed by atoms with van der Waals surface area (Å²) in [6, 6.07) is 6.02. The van der Waals surface area contributed by atoms with Crippen LogP contribution in [0, 0.1) is 5.92 Å². The number of amides is 1. The van der Waals surface area contributed by atoms with Crippen LogP contribution in [0.2, 0.25) is 0 Å². The van der Waals surface area contributed by atoms with Crippen LogP contribution in [0.5, 0.6) is 0 Å². The van der Waals surface area contributed by atoms with Gasteiger partial charge in [0.05, 0.1) is 5.56 Å². The maximum Gasteiger partial charge on any atom is 0.335 e. The van der Waals surface area contributed by atoms with Crippen LogP contribution < -0.4 is 16.0 Å². The van der Waals surface area contributed by atoms with E-state index < -0.39 is 15.9 Å². The van der Waals surface area contributed by atoms with E-state index in [0.29, 0.717) is 5.69 Å². The average Bonchev–Trinajstić information content (AvgIpc) is 2.45. The number of halogens is 3. The lowest BCUT2D eigenvalue weighted by Gasteiger charge is -2.28. The van der Waals surface area contributed by atoms with Crippen LogP contribution in [0.1, 0.15) is 24.2 Å². The molecule has 1 atom stereocenters. The first-order valence-corrected chi connectivity index (χ1v) is 8.33. The smallest absolute Gasteiger partial charge is 0.335 e. The van der Waals surface area contributed by atoms with Gasteiger partial charge in [0.2, 0.25) is 9.70 Å². The Morgan fingerprint density at radius 2 is 1.83 bits per heavy atom. The number of carboxylic acid groups (broad SMARTS) is 1. The van der Waals surface area contributed by atoms with Crippen LogP contribution in [0.25, 0.3) is 0 Å². The topological polar surface area (TPSA) is 90.5 Å². The molecule has 0 heterocycles. The number of benzene rings is 1. The molecule has 1 unspecified atom stereocenters. The Balaban J connectivity index is 2.80. The average molecular weight is 413 g/mol. The van der Waals surface area contributed by atoms with Crippen molar-refractivity contribution in [2.45, 2.75) is 23.8 Å². The highest BCUT2D eigenvalue weighted by atomic mass is 35.6. The van der Waals surface area contributed by atoms with E-state index in [1.807, 2.05) is 0 Å². The molecule has 4 N–H and O–H groups in total. The molecule has 0 fully saturated rings. The molecule has 0 aromatic heterocycles. The SMILES string of the molecule is CC(C)C(=O)NC(NC(=S)Nc1cccc(C(=O)O)c1)C(Cl)(Cl)Cl. The molecule has 1 aromatic rings. The second kappa shape index (κ2) is 8.71. The number of carbonyl (C=O) groups excluding carboxylic acids is 1. The maximum atomic E-state index is 11.8. The number of carboxylic acids is 1. The highest BCUT2D eigenvalue weighted by Crippen LogP contribution is 2.29. The Kier molecular flexibility index (Phi) is 7.54. The van der Waals surface area contributed by atoms with Crippen LogP contribution in [-0.4, -0.2) is 32.1 Å². The highest BCUT2D eigenvalue weighted by Gasteiger charge is 2.35. The number of alkyl halides is 3. The molecule has 0 aliphatic rings. The summed E-state index contributed by atoms with van der Waals surface area (Å²) in [7, 11) is 0. The quantitative estimate of drug-likeness (QED) is 0.337. The van der Waals surface area contributed by atoms with Crippen molar-refractivity contribution in [1.29, 1.82) is 0 Å². The van der Waals surface area contributed by atoms with Crippen molar-refractivity contribution in [1.82, 2.24) is 10.6 Å². The van der Waals surface area contributed by atoms with Gasteiger partial charge >= 0.3 is 5.97 Å². The maximum absolute atomic E-state index is 11.8. The third kappa shape index (κ3) is 6.68. The molecule has 0 aliphatic carbocycles. The molecule has 1 amide bonds. The zero-order valence-electron chi connectivity index (χ0n) is 12.8. The van der Waals surface area contributed by atoms with Gasteiger partial charge in [-0.1, -0.05) is 54.7 Å². The summed E-state index contributed by atoms with van der Waals surface area (Å²) in [4.78, 5) is 22.8. The van der Waals surface area contributed by atoms with Crippen LogP contribution >= 0.6 is 47.0 Å². The zero-order chi connectivity index (χ0) is 18.5. The second-order valence-corrected chi connectivity index (χ2v) is 7.90. The highest BCUT2D eigenvalue weighted by molar-refractivity contribution is 7.80. The number of hydrogen-bond acceptors (Lipinski definition) is 3. The van der Waals surface area contributed by atoms with Crippen molar-refractivity contribution in [2.75, 3.05) is 5.32 Å². The molecular weight excluding hydrogens is 397 g/mol. The van der Waals surface area contributed by atoms with E-state index in [0.717, 1.165) is 0 Å². The normalized spacial score (nSPS) is 12.4. The van der Waals surface area contributed by atoms with E-state index in [1.54, 1.807) is 26.0 Å². The number of hydrogen-bond donors (Lipinski definition) is 4. The summed E-state index contributed by atoms with van der Waals surface area (Å²) in [5, 5.41) is 17.0. The monoisotopic (exact) mass is 411 g/mol. The molecule has 1 rings (SSSR count). The number of thiocarbonyl (C=S) groups is 1. The molecule has 0 saturated heterocycles. The Hall–Kier alpha value is -1.28. The Labute approximate surface area is 159 Å². The number of nitrogens with one attached hydrogen (secondary N) is 3. The third-order valence-electron chi connectivity index (χ3n) is 2.78. The summed E-state index contributed by atoms with van der Waals surface area (Å²) in [6.07, 6.45) is -1.07. The third-order valence-corrected chi connectivity index (χ3v) is 3.66. The van der Waals surface area contributed by atoms with E-state index in [-0.39, 0.29) is 22.5 Å². The zero-order valence-corrected chi connectivity index (χ0v) is 15.9. The molecule has 0 saturated carbocycles. The summed E-state index contributed by atoms with van der Waals surface area (Å²) < 4.78 is -1.85. The van der Waals surface area contributed by atoms with E-state index in [9.17, 15) is 9.59 Å². The van der Waals surface area contributed by atoms with Gasteiger partial charge in [0.15, 0.2) is 5.11 Å². The summed E-state index contributed by atoms with van der Waals surface area (Å²) in [6.45, 7) is 3.39. The molecule has 1 aromatic carbocycles. The minimum Gasteiger partial charge on any atom is -0.478 e. The van der Waals surface area contributed by atoms with Crippen LogP contribution in [0.15, 0.2) is 24.3 Å². The number of carbonyl (C=O) groups is 2. The summed E-state index contributed by atoms with van der Waals surface area (Å²) in [5.74, 6) is -1.70. The van der Waals surface area contributed by atoms with Crippen LogP contribution in [0.3, 0.4) is 0 Å². The summed E-state index contributed by atoms with van der Waals surface area (Å²) in [5.41, 5.74) is 0.527. The number of rotatable bonds is 5. The first-order chi connectivity index (χ1) is 11.0. The van der Waals surface area contributed by atoms with Gasteiger partial charge in [0.25, 0.3) is 0 Å². The van der Waals surface area contributed by atoms with Crippen molar-refractivity contribution in [3.63, 3.8) is 0 Å². The fraction of sp³-hybridized carbons (Fsp3) is 0.357. The number of anilines is 1. The van der Waals surface area contributed by atoms with E-state index >= 15 is 0 Å². The number of aromatic carboxylic acids is 1. The van der Waals surface area contributed by atoms with Crippen molar-refractivity contribution in [3.8, 4) is 0 Å². The lowest BCUT2D eigenvalue weighted by molar-refractivity contribution is -0.124. The summed E-state index contributed by atoms with van der Waals surface area (Å²) >= 11 is 22.7. The molecule has 24 heavy (non-hydrogen) atoms. The lowest BCUT2D eigenvalue weighted by Crippen LogP contribution is -2.56. The minimum absolute atomic E-state index is 0.0536. The van der Waals surface area contributed by atoms with Gasteiger partial charge in [0, 0.05) is 11.6 Å². The predicted octanol–water partition coefficient (Wildman–Crippen LogP) is 3.14. The first kappa shape index (κ1) is 20.8. The molecule has 10 heteroatoms. The Morgan fingerprint density at radius 1 is 1.21 bits per heavy atom. The van der Waals surface area contributed by atoms with E-state index in [1.165, 1.54) is 12.1 Å². The molecule has 132 valence electrons. The van der Waals surface area contributed by atoms with Gasteiger partial charge in [-0.2, -0.15) is 0 Å². The van der Waals surface area contributed by atoms with Gasteiger partial charge in [-0.25, -0.2) is 4.79 Å². The van der Waals surface area contributed by atoms with Crippen molar-refractivity contribution in [3.05, 3.63) is 29.8 Å². The Bertz CT molecular complexity index is 635. The minimum atomic E-state index is -1.85. The van der Waals surface area contributed by atoms with E-state index in [2.05, 4.69) is 16.0 Å². The van der Waals surface area contributed by atoms with Crippen molar-refractivity contribution < 1.29 is 14.7 Å². The molecule has 6 nitrogen and oxygen atoms in total. The molecule has 0 radical (unpaired) electrons. The van der Waals surface area contributed by atoms with Crippen molar-refractivity contribution >= 4 is 69.7 Å². The Morgan fingerprint density at radius 3 is 2.33 bits per heavy atom. The van der Waals surface area contributed by atoms with Gasteiger partial charge in [-0.05, 0) is 30.4 Å². The fourth-order valence-electron chi connectivity index (χ4n) is 1.54. The molecule has 0 aliphatic heterocycles. The largest absolute Gasteiger partial charge is 0.478 e. The molecule has 0 bridgehead atoms. The molecule has 0 spiro atoms. The fourth-order valence-corrected chi connectivity index (χ4v) is 2.10. The van der Waals surface area contributed by atoms with Gasteiger partial charge in [-0.3, -0.25) is 4.79 Å². The van der Waals surface area contributed by atoms with Gasteiger partial charge in [0.1, 0.15) is 6.17 Å². The van der Waals surface area contributed by atoms with Crippen molar-refractivity contribution in [2.24, 2.45) is 5.92 Å². The predicted molar refractivity (Wildman–Crippen MR) is 99.8 cm³/mol. The first-order valence-electron chi connectivity index (χ1n) is 6.78. The molecular formula is C14H16Cl3N3O3S. The van der Waals surface area contributed by atoms with Gasteiger partial charge in [-0.15, -0.1) is 0 Å². The standard InChI is InChI=1S/C14H16Cl3N3O3S/c1-7(2)10(21)19-12(14(15,16)17)20-13(24)18-9-5-3-4-8(6-9)11(22)23/h3-7,12H,1-2H3,(H,19,21)(H,22,23)(H2,18,20,24). The van der Waals surface area contributed by atoms with E-state index in [4.69, 9.17) is 52.1 Å².